The summed E-state index contributed by atoms with van der Waals surface area (Å²) < 4.78 is 11.4. The summed E-state index contributed by atoms with van der Waals surface area (Å²) in [4.78, 5) is 0. The molecule has 0 radical (unpaired) electrons. The third kappa shape index (κ3) is 9.05. The fourth-order valence-corrected chi connectivity index (χ4v) is 2.71. The second-order valence-electron chi connectivity index (χ2n) is 2.06. The molecule has 0 heterocycles. The highest BCUT2D eigenvalue weighted by molar-refractivity contribution is 8.25. The lowest BCUT2D eigenvalue weighted by molar-refractivity contribution is 0.346. The molecule has 0 amide bonds. The van der Waals surface area contributed by atoms with Crippen molar-refractivity contribution in [3.05, 3.63) is 0 Å². The van der Waals surface area contributed by atoms with Gasteiger partial charge in [0, 0.05) is 11.5 Å². The van der Waals surface area contributed by atoms with E-state index in [1.807, 2.05) is 13.8 Å². The number of thiocarbonyl (C=S) groups is 2. The second kappa shape index (κ2) is 10.0. The fourth-order valence-electron chi connectivity index (χ4n) is 0.569. The molecule has 82 valence electrons. The zero-order valence-corrected chi connectivity index (χ0v) is 11.5. The third-order valence-electron chi connectivity index (χ3n) is 1.05. The van der Waals surface area contributed by atoms with Crippen LogP contribution in [0.3, 0.4) is 0 Å². The van der Waals surface area contributed by atoms with Gasteiger partial charge < -0.3 is 9.47 Å². The summed E-state index contributed by atoms with van der Waals surface area (Å²) in [6, 6.07) is 0. The standard InChI is InChI=1S/C8H14O2S4/c1-3-9-7(11)13-5-6-14-8(12)10-4-2/h3-6H2,1-2H3. The minimum atomic E-state index is 0.607. The van der Waals surface area contributed by atoms with Gasteiger partial charge in [0.2, 0.25) is 8.77 Å². The first kappa shape index (κ1) is 14.5. The maximum Gasteiger partial charge on any atom is 0.219 e. The number of hydrogen-bond donors (Lipinski definition) is 0. The van der Waals surface area contributed by atoms with Gasteiger partial charge in [-0.15, -0.1) is 0 Å². The first-order valence-electron chi connectivity index (χ1n) is 4.29. The van der Waals surface area contributed by atoms with E-state index < -0.39 is 0 Å². The molecule has 0 aromatic heterocycles. The molecule has 0 bridgehead atoms. The summed E-state index contributed by atoms with van der Waals surface area (Å²) in [5.41, 5.74) is 0. The lowest BCUT2D eigenvalue weighted by Crippen LogP contribution is -2.01. The predicted octanol–water partition coefficient (Wildman–Crippen LogP) is 3.10. The Bertz CT molecular complexity index is 164. The van der Waals surface area contributed by atoms with Gasteiger partial charge in [-0.3, -0.25) is 0 Å². The Kier molecular flexibility index (Phi) is 10.4. The van der Waals surface area contributed by atoms with Crippen LogP contribution in [0.1, 0.15) is 13.8 Å². The molecule has 0 unspecified atom stereocenters. The maximum atomic E-state index is 5.12. The van der Waals surface area contributed by atoms with Gasteiger partial charge in [0.05, 0.1) is 13.2 Å². The third-order valence-corrected chi connectivity index (χ3v) is 3.77. The number of ether oxygens (including phenoxy) is 2. The molecule has 0 aliphatic heterocycles. The number of hydrogen-bond acceptors (Lipinski definition) is 6. The number of rotatable bonds is 5. The first-order valence-corrected chi connectivity index (χ1v) is 7.08. The second-order valence-corrected chi connectivity index (χ2v) is 5.46. The molecular weight excluding hydrogens is 256 g/mol. The summed E-state index contributed by atoms with van der Waals surface area (Å²) in [5, 5.41) is 0. The zero-order chi connectivity index (χ0) is 10.8. The summed E-state index contributed by atoms with van der Waals surface area (Å²) in [7, 11) is 0. The van der Waals surface area contributed by atoms with Crippen LogP contribution in [-0.2, 0) is 9.47 Å². The molecule has 0 saturated carbocycles. The summed E-state index contributed by atoms with van der Waals surface area (Å²) in [5.74, 6) is 1.80. The topological polar surface area (TPSA) is 18.5 Å². The van der Waals surface area contributed by atoms with Crippen molar-refractivity contribution < 1.29 is 9.47 Å². The molecule has 0 aromatic rings. The average molecular weight is 270 g/mol. The van der Waals surface area contributed by atoms with Crippen LogP contribution in [0.25, 0.3) is 0 Å². The molecule has 0 rings (SSSR count). The van der Waals surface area contributed by atoms with Crippen molar-refractivity contribution in [2.75, 3.05) is 24.7 Å². The highest BCUT2D eigenvalue weighted by Gasteiger charge is 2.00. The minimum Gasteiger partial charge on any atom is -0.479 e. The molecule has 0 atom stereocenters. The van der Waals surface area contributed by atoms with E-state index in [1.165, 1.54) is 23.5 Å². The molecule has 0 fully saturated rings. The minimum absolute atomic E-state index is 0.607. The molecular formula is C8H14O2S4. The molecule has 0 saturated heterocycles. The molecule has 0 aliphatic carbocycles. The van der Waals surface area contributed by atoms with E-state index in [4.69, 9.17) is 33.9 Å². The summed E-state index contributed by atoms with van der Waals surface area (Å²) >= 11 is 13.0. The van der Waals surface area contributed by atoms with Crippen LogP contribution in [-0.4, -0.2) is 33.5 Å². The Labute approximate surface area is 104 Å². The van der Waals surface area contributed by atoms with Gasteiger partial charge >= 0.3 is 0 Å². The Hall–Kier alpha value is 0.480. The highest BCUT2D eigenvalue weighted by atomic mass is 32.2. The average Bonchev–Trinajstić information content (AvgIpc) is 2.13. The predicted molar refractivity (Wildman–Crippen MR) is 73.4 cm³/mol. The van der Waals surface area contributed by atoms with Crippen molar-refractivity contribution in [1.82, 2.24) is 0 Å². The van der Waals surface area contributed by atoms with Gasteiger partial charge in [-0.1, -0.05) is 23.5 Å². The molecule has 14 heavy (non-hydrogen) atoms. The fraction of sp³-hybridized carbons (Fsp3) is 0.750. The monoisotopic (exact) mass is 270 g/mol. The molecule has 0 N–H and O–H groups in total. The van der Waals surface area contributed by atoms with Crippen molar-refractivity contribution in [1.29, 1.82) is 0 Å². The van der Waals surface area contributed by atoms with Gasteiger partial charge in [-0.25, -0.2) is 0 Å². The quantitative estimate of drug-likeness (QED) is 0.560. The number of thioether (sulfide) groups is 2. The summed E-state index contributed by atoms with van der Waals surface area (Å²) in [6.07, 6.45) is 0. The van der Waals surface area contributed by atoms with Crippen LogP contribution in [0.4, 0.5) is 0 Å². The Morgan fingerprint density at radius 2 is 1.29 bits per heavy atom. The van der Waals surface area contributed by atoms with Crippen molar-refractivity contribution in [3.63, 3.8) is 0 Å². The van der Waals surface area contributed by atoms with Crippen molar-refractivity contribution in [3.8, 4) is 0 Å². The smallest absolute Gasteiger partial charge is 0.219 e. The van der Waals surface area contributed by atoms with Crippen LogP contribution in [0, 0.1) is 0 Å². The van der Waals surface area contributed by atoms with Crippen LogP contribution in [0.5, 0.6) is 0 Å². The maximum absolute atomic E-state index is 5.12. The molecule has 0 spiro atoms. The van der Waals surface area contributed by atoms with E-state index in [0.717, 1.165) is 11.5 Å². The lowest BCUT2D eigenvalue weighted by atomic mass is 10.9. The van der Waals surface area contributed by atoms with E-state index in [0.29, 0.717) is 22.0 Å². The van der Waals surface area contributed by atoms with Crippen molar-refractivity contribution in [2.45, 2.75) is 13.8 Å². The lowest BCUT2D eigenvalue weighted by Gasteiger charge is -2.05. The first-order chi connectivity index (χ1) is 6.70. The van der Waals surface area contributed by atoms with E-state index in [-0.39, 0.29) is 0 Å². The van der Waals surface area contributed by atoms with Gasteiger partial charge in [0.15, 0.2) is 0 Å². The van der Waals surface area contributed by atoms with Gasteiger partial charge in [0.1, 0.15) is 0 Å². The van der Waals surface area contributed by atoms with E-state index in [2.05, 4.69) is 0 Å². The highest BCUT2D eigenvalue weighted by Crippen LogP contribution is 2.12. The van der Waals surface area contributed by atoms with Crippen LogP contribution in [0.15, 0.2) is 0 Å². The van der Waals surface area contributed by atoms with Crippen molar-refractivity contribution in [2.24, 2.45) is 0 Å². The largest absolute Gasteiger partial charge is 0.479 e. The normalized spacial score (nSPS) is 9.57. The summed E-state index contributed by atoms with van der Waals surface area (Å²) in [6.45, 7) is 5.12. The van der Waals surface area contributed by atoms with Crippen LogP contribution >= 0.6 is 48.0 Å². The van der Waals surface area contributed by atoms with Crippen LogP contribution < -0.4 is 0 Å². The molecule has 2 nitrogen and oxygen atoms in total. The van der Waals surface area contributed by atoms with E-state index in [1.54, 1.807) is 0 Å². The Morgan fingerprint density at radius 1 is 0.929 bits per heavy atom. The van der Waals surface area contributed by atoms with Gasteiger partial charge in [-0.05, 0) is 38.3 Å². The molecule has 0 aromatic carbocycles. The Morgan fingerprint density at radius 3 is 1.57 bits per heavy atom. The van der Waals surface area contributed by atoms with Gasteiger partial charge in [0.25, 0.3) is 0 Å². The molecule has 0 aliphatic rings. The van der Waals surface area contributed by atoms with E-state index in [9.17, 15) is 0 Å². The van der Waals surface area contributed by atoms with E-state index >= 15 is 0 Å². The van der Waals surface area contributed by atoms with Gasteiger partial charge in [-0.2, -0.15) is 0 Å². The zero-order valence-electron chi connectivity index (χ0n) is 8.28. The Balaban J connectivity index is 3.28. The SMILES string of the molecule is CCOC(=S)SCCSC(=S)OCC. The molecule has 6 heteroatoms. The van der Waals surface area contributed by atoms with Crippen molar-refractivity contribution >= 4 is 56.7 Å². The van der Waals surface area contributed by atoms with Crippen LogP contribution in [0.2, 0.25) is 0 Å².